The molecule has 5 nitrogen and oxygen atoms in total. The third kappa shape index (κ3) is 3.18. The monoisotopic (exact) mass is 401 g/mol. The van der Waals surface area contributed by atoms with E-state index in [-0.39, 0.29) is 10.9 Å². The van der Waals surface area contributed by atoms with Crippen molar-refractivity contribution >= 4 is 21.6 Å². The van der Waals surface area contributed by atoms with Crippen LogP contribution in [0.2, 0.25) is 5.02 Å². The summed E-state index contributed by atoms with van der Waals surface area (Å²) >= 11 is 6.05. The van der Waals surface area contributed by atoms with Gasteiger partial charge in [0.2, 0.25) is 0 Å². The summed E-state index contributed by atoms with van der Waals surface area (Å²) < 4.78 is 28.3. The molecular formula is C20H20ClN3O2S. The Labute approximate surface area is 164 Å². The normalized spacial score (nSPS) is 16.9. The molecule has 3 aromatic rings. The van der Waals surface area contributed by atoms with Crippen LogP contribution in [-0.4, -0.2) is 24.4 Å². The molecule has 1 aliphatic rings. The highest BCUT2D eigenvalue weighted by atomic mass is 35.5. The lowest BCUT2D eigenvalue weighted by atomic mass is 9.88. The zero-order valence-electron chi connectivity index (χ0n) is 14.9. The van der Waals surface area contributed by atoms with E-state index in [1.165, 1.54) is 10.0 Å². The smallest absolute Gasteiger partial charge is 0.268 e. The second kappa shape index (κ2) is 7.11. The fraction of sp³-hybridized carbons (Fsp3) is 0.250. The number of aromatic nitrogens is 2. The van der Waals surface area contributed by atoms with Gasteiger partial charge in [-0.05, 0) is 67.8 Å². The minimum absolute atomic E-state index is 0.144. The lowest BCUT2D eigenvalue weighted by Gasteiger charge is -2.22. The number of nitrogens with zero attached hydrogens (tertiary/aromatic N) is 2. The molecule has 1 aromatic carbocycles. The highest BCUT2D eigenvalue weighted by Gasteiger charge is 2.30. The summed E-state index contributed by atoms with van der Waals surface area (Å²) in [5.41, 5.74) is 3.68. The molecule has 1 N–H and O–H groups in total. The van der Waals surface area contributed by atoms with Crippen LogP contribution in [0.25, 0.3) is 11.3 Å². The molecule has 27 heavy (non-hydrogen) atoms. The molecule has 0 bridgehead atoms. The van der Waals surface area contributed by atoms with Crippen LogP contribution in [-0.2, 0) is 16.4 Å². The fourth-order valence-corrected chi connectivity index (χ4v) is 5.50. The summed E-state index contributed by atoms with van der Waals surface area (Å²) in [6, 6.07) is 10.2. The minimum atomic E-state index is -3.78. The van der Waals surface area contributed by atoms with E-state index in [9.17, 15) is 8.42 Å². The maximum Gasteiger partial charge on any atom is 0.268 e. The van der Waals surface area contributed by atoms with Gasteiger partial charge in [-0.3, -0.25) is 4.98 Å². The number of fused-ring (bicyclic) bond motifs is 1. The molecule has 7 heteroatoms. The summed E-state index contributed by atoms with van der Waals surface area (Å²) in [6.45, 7) is 0. The SMILES string of the molecule is CNC1CCCc2c1cn(S(=O)(=O)c1cccc(Cl)c1)c2-c1ccncc1. The van der Waals surface area contributed by atoms with Crippen molar-refractivity contribution in [3.8, 4) is 11.3 Å². The van der Waals surface area contributed by atoms with Gasteiger partial charge >= 0.3 is 0 Å². The molecule has 0 amide bonds. The first-order valence-electron chi connectivity index (χ1n) is 8.85. The Kier molecular flexibility index (Phi) is 4.80. The summed E-state index contributed by atoms with van der Waals surface area (Å²) in [6.07, 6.45) is 7.98. The van der Waals surface area contributed by atoms with Gasteiger partial charge < -0.3 is 5.32 Å². The molecule has 2 heterocycles. The van der Waals surface area contributed by atoms with Crippen LogP contribution in [0.3, 0.4) is 0 Å². The van der Waals surface area contributed by atoms with Crippen molar-refractivity contribution in [2.75, 3.05) is 7.05 Å². The van der Waals surface area contributed by atoms with Crippen LogP contribution in [0, 0.1) is 0 Å². The average Bonchev–Trinajstić information content (AvgIpc) is 3.09. The summed E-state index contributed by atoms with van der Waals surface area (Å²) in [5.74, 6) is 0. The van der Waals surface area contributed by atoms with Crippen molar-refractivity contribution in [2.24, 2.45) is 0 Å². The van der Waals surface area contributed by atoms with Gasteiger partial charge in [0, 0.05) is 35.2 Å². The first-order chi connectivity index (χ1) is 13.0. The van der Waals surface area contributed by atoms with Gasteiger partial charge in [0.1, 0.15) is 0 Å². The number of benzene rings is 1. The second-order valence-corrected chi connectivity index (χ2v) is 8.89. The van der Waals surface area contributed by atoms with Crippen molar-refractivity contribution in [3.63, 3.8) is 0 Å². The van der Waals surface area contributed by atoms with Crippen molar-refractivity contribution in [3.05, 3.63) is 71.1 Å². The Morgan fingerprint density at radius 2 is 2.00 bits per heavy atom. The molecule has 0 saturated carbocycles. The fourth-order valence-electron chi connectivity index (χ4n) is 3.78. The minimum Gasteiger partial charge on any atom is -0.313 e. The quantitative estimate of drug-likeness (QED) is 0.716. The topological polar surface area (TPSA) is 64.0 Å². The Balaban J connectivity index is 1.99. The van der Waals surface area contributed by atoms with Crippen LogP contribution in [0.1, 0.15) is 30.0 Å². The second-order valence-electron chi connectivity index (χ2n) is 6.64. The van der Waals surface area contributed by atoms with Crippen molar-refractivity contribution in [2.45, 2.75) is 30.2 Å². The van der Waals surface area contributed by atoms with Crippen molar-refractivity contribution in [1.82, 2.24) is 14.3 Å². The van der Waals surface area contributed by atoms with E-state index in [2.05, 4.69) is 10.3 Å². The lowest BCUT2D eigenvalue weighted by molar-refractivity contribution is 0.499. The average molecular weight is 402 g/mol. The molecule has 0 fully saturated rings. The Morgan fingerprint density at radius 1 is 1.22 bits per heavy atom. The summed E-state index contributed by atoms with van der Waals surface area (Å²) in [5, 5.41) is 3.71. The Bertz CT molecular complexity index is 1080. The van der Waals surface area contributed by atoms with E-state index < -0.39 is 10.0 Å². The highest BCUT2D eigenvalue weighted by Crippen LogP contribution is 2.39. The molecule has 2 aromatic heterocycles. The molecular weight excluding hydrogens is 382 g/mol. The number of hydrogen-bond donors (Lipinski definition) is 1. The van der Waals surface area contributed by atoms with E-state index in [0.29, 0.717) is 10.7 Å². The summed E-state index contributed by atoms with van der Waals surface area (Å²) in [4.78, 5) is 4.25. The number of nitrogens with one attached hydrogen (secondary N) is 1. The van der Waals surface area contributed by atoms with Gasteiger partial charge in [-0.2, -0.15) is 0 Å². The largest absolute Gasteiger partial charge is 0.313 e. The van der Waals surface area contributed by atoms with Crippen LogP contribution >= 0.6 is 11.6 Å². The van der Waals surface area contributed by atoms with Gasteiger partial charge in [-0.25, -0.2) is 12.4 Å². The number of rotatable bonds is 4. The number of pyridine rings is 1. The van der Waals surface area contributed by atoms with Gasteiger partial charge in [0.25, 0.3) is 10.0 Å². The van der Waals surface area contributed by atoms with Gasteiger partial charge in [0.15, 0.2) is 0 Å². The van der Waals surface area contributed by atoms with Crippen LogP contribution in [0.5, 0.6) is 0 Å². The molecule has 0 spiro atoms. The molecule has 0 radical (unpaired) electrons. The predicted molar refractivity (Wildman–Crippen MR) is 106 cm³/mol. The Morgan fingerprint density at radius 3 is 2.70 bits per heavy atom. The van der Waals surface area contributed by atoms with E-state index in [0.717, 1.165) is 36.0 Å². The molecule has 1 aliphatic carbocycles. The Hall–Kier alpha value is -2.15. The van der Waals surface area contributed by atoms with E-state index in [1.807, 2.05) is 19.2 Å². The van der Waals surface area contributed by atoms with Crippen molar-refractivity contribution in [1.29, 1.82) is 0 Å². The molecule has 0 saturated heterocycles. The number of hydrogen-bond acceptors (Lipinski definition) is 4. The maximum atomic E-state index is 13.5. The third-order valence-corrected chi connectivity index (χ3v) is 6.95. The standard InChI is InChI=1S/C20H20ClN3O2S/c1-22-19-7-3-6-17-18(19)13-24(20(17)14-8-10-23-11-9-14)27(25,26)16-5-2-4-15(21)12-16/h2,4-5,8-13,19,22H,3,6-7H2,1H3. The van der Waals surface area contributed by atoms with Gasteiger partial charge in [-0.1, -0.05) is 17.7 Å². The van der Waals surface area contributed by atoms with E-state index in [4.69, 9.17) is 11.6 Å². The molecule has 1 unspecified atom stereocenters. The molecule has 4 rings (SSSR count). The highest BCUT2D eigenvalue weighted by molar-refractivity contribution is 7.90. The van der Waals surface area contributed by atoms with E-state index >= 15 is 0 Å². The van der Waals surface area contributed by atoms with Gasteiger partial charge in [-0.15, -0.1) is 0 Å². The molecule has 0 aliphatic heterocycles. The zero-order valence-corrected chi connectivity index (χ0v) is 16.5. The van der Waals surface area contributed by atoms with E-state index in [1.54, 1.807) is 36.8 Å². The summed E-state index contributed by atoms with van der Waals surface area (Å²) in [7, 11) is -1.87. The van der Waals surface area contributed by atoms with Crippen LogP contribution in [0.15, 0.2) is 59.9 Å². The van der Waals surface area contributed by atoms with Crippen LogP contribution < -0.4 is 5.32 Å². The lowest BCUT2D eigenvalue weighted by Crippen LogP contribution is -2.20. The molecule has 1 atom stereocenters. The van der Waals surface area contributed by atoms with Crippen LogP contribution in [0.4, 0.5) is 0 Å². The third-order valence-electron chi connectivity index (χ3n) is 5.06. The maximum absolute atomic E-state index is 13.5. The van der Waals surface area contributed by atoms with Crippen molar-refractivity contribution < 1.29 is 8.42 Å². The zero-order chi connectivity index (χ0) is 19.0. The predicted octanol–water partition coefficient (Wildman–Crippen LogP) is 4.04. The number of halogens is 1. The molecule has 140 valence electrons. The first kappa shape index (κ1) is 18.2. The first-order valence-corrected chi connectivity index (χ1v) is 10.7. The van der Waals surface area contributed by atoms with Gasteiger partial charge in [0.05, 0.1) is 10.6 Å².